The van der Waals surface area contributed by atoms with Crippen molar-refractivity contribution in [3.05, 3.63) is 59.8 Å². The Bertz CT molecular complexity index is 651. The van der Waals surface area contributed by atoms with Crippen molar-refractivity contribution in [2.75, 3.05) is 0 Å². The molecule has 0 bridgehead atoms. The average molecular weight is 277 g/mol. The molecule has 0 aliphatic rings. The predicted octanol–water partition coefficient (Wildman–Crippen LogP) is 3.25. The molecule has 0 spiro atoms. The summed E-state index contributed by atoms with van der Waals surface area (Å²) >= 11 is 0. The van der Waals surface area contributed by atoms with Crippen molar-refractivity contribution in [2.45, 2.75) is 0 Å². The number of nitrogens with zero attached hydrogens (tertiary/aromatic N) is 1. The second kappa shape index (κ2) is 5.92. The summed E-state index contributed by atoms with van der Waals surface area (Å²) in [7, 11) is 0. The third-order valence-electron chi connectivity index (χ3n) is 2.26. The van der Waals surface area contributed by atoms with Crippen LogP contribution in [0.1, 0.15) is 5.56 Å². The lowest BCUT2D eigenvalue weighted by molar-refractivity contribution is -0.131. The van der Waals surface area contributed by atoms with E-state index in [0.29, 0.717) is 5.56 Å². The van der Waals surface area contributed by atoms with Crippen LogP contribution in [0.15, 0.2) is 42.6 Å². The van der Waals surface area contributed by atoms with Crippen LogP contribution in [-0.2, 0) is 4.79 Å². The number of pyridine rings is 1. The number of carboxylic acid groups (broad SMARTS) is 1. The highest BCUT2D eigenvalue weighted by Gasteiger charge is 2.07. The van der Waals surface area contributed by atoms with Gasteiger partial charge in [0.15, 0.2) is 0 Å². The monoisotopic (exact) mass is 277 g/mol. The zero-order valence-corrected chi connectivity index (χ0v) is 10.1. The van der Waals surface area contributed by atoms with Gasteiger partial charge in [-0.2, -0.15) is 0 Å². The number of halogens is 2. The van der Waals surface area contributed by atoms with Crippen molar-refractivity contribution in [2.24, 2.45) is 0 Å². The molecular formula is C14H9F2NO3. The van der Waals surface area contributed by atoms with Gasteiger partial charge in [0.25, 0.3) is 0 Å². The number of benzene rings is 1. The molecule has 0 amide bonds. The van der Waals surface area contributed by atoms with E-state index in [9.17, 15) is 13.6 Å². The first-order chi connectivity index (χ1) is 9.54. The molecular weight excluding hydrogens is 268 g/mol. The van der Waals surface area contributed by atoms with Crippen molar-refractivity contribution >= 4 is 12.0 Å². The van der Waals surface area contributed by atoms with E-state index >= 15 is 0 Å². The Morgan fingerprint density at radius 2 is 1.95 bits per heavy atom. The summed E-state index contributed by atoms with van der Waals surface area (Å²) in [6, 6.07) is 5.87. The minimum Gasteiger partial charge on any atom is -0.478 e. The zero-order chi connectivity index (χ0) is 14.5. The van der Waals surface area contributed by atoms with Crippen LogP contribution in [0.4, 0.5) is 8.78 Å². The number of rotatable bonds is 4. The molecule has 1 N–H and O–H groups in total. The van der Waals surface area contributed by atoms with E-state index in [1.54, 1.807) is 12.1 Å². The summed E-state index contributed by atoms with van der Waals surface area (Å²) in [4.78, 5) is 14.4. The van der Waals surface area contributed by atoms with Gasteiger partial charge in [-0.25, -0.2) is 18.6 Å². The minimum atomic E-state index is -1.13. The smallest absolute Gasteiger partial charge is 0.328 e. The van der Waals surface area contributed by atoms with Gasteiger partial charge in [-0.1, -0.05) is 0 Å². The summed E-state index contributed by atoms with van der Waals surface area (Å²) in [6.07, 6.45) is 3.61. The van der Waals surface area contributed by atoms with E-state index in [0.717, 1.165) is 24.3 Å². The fourth-order valence-corrected chi connectivity index (χ4v) is 1.48. The third kappa shape index (κ3) is 3.61. The van der Waals surface area contributed by atoms with Crippen LogP contribution in [-0.4, -0.2) is 16.1 Å². The first-order valence-electron chi connectivity index (χ1n) is 5.54. The SMILES string of the molecule is O=C(O)/C=C/c1cccnc1Oc1cc(F)cc(F)c1. The van der Waals surface area contributed by atoms with Gasteiger partial charge in [0.1, 0.15) is 17.4 Å². The lowest BCUT2D eigenvalue weighted by atomic mass is 10.2. The van der Waals surface area contributed by atoms with Gasteiger partial charge in [-0.15, -0.1) is 0 Å². The Morgan fingerprint density at radius 3 is 2.60 bits per heavy atom. The predicted molar refractivity (Wildman–Crippen MR) is 67.3 cm³/mol. The van der Waals surface area contributed by atoms with Crippen LogP contribution >= 0.6 is 0 Å². The van der Waals surface area contributed by atoms with Crippen LogP contribution in [0.3, 0.4) is 0 Å². The topological polar surface area (TPSA) is 59.4 Å². The molecule has 102 valence electrons. The molecule has 0 unspecified atom stereocenters. The average Bonchev–Trinajstić information content (AvgIpc) is 2.36. The molecule has 0 fully saturated rings. The van der Waals surface area contributed by atoms with Gasteiger partial charge in [-0.05, 0) is 18.2 Å². The standard InChI is InChI=1S/C14H9F2NO3/c15-10-6-11(16)8-12(7-10)20-14-9(2-1-5-17-14)3-4-13(18)19/h1-8H,(H,18,19)/b4-3+. The van der Waals surface area contributed by atoms with E-state index in [1.807, 2.05) is 0 Å². The molecule has 0 radical (unpaired) electrons. The molecule has 0 aliphatic carbocycles. The van der Waals surface area contributed by atoms with Crippen LogP contribution in [0, 0.1) is 11.6 Å². The fourth-order valence-electron chi connectivity index (χ4n) is 1.48. The molecule has 0 atom stereocenters. The molecule has 0 saturated carbocycles. The first kappa shape index (κ1) is 13.7. The molecule has 20 heavy (non-hydrogen) atoms. The molecule has 0 aliphatic heterocycles. The highest BCUT2D eigenvalue weighted by Crippen LogP contribution is 2.25. The van der Waals surface area contributed by atoms with E-state index in [2.05, 4.69) is 4.98 Å². The van der Waals surface area contributed by atoms with Gasteiger partial charge in [0.05, 0.1) is 0 Å². The van der Waals surface area contributed by atoms with Gasteiger partial charge in [0.2, 0.25) is 5.88 Å². The molecule has 4 nitrogen and oxygen atoms in total. The van der Waals surface area contributed by atoms with E-state index in [4.69, 9.17) is 9.84 Å². The summed E-state index contributed by atoms with van der Waals surface area (Å²) < 4.78 is 31.4. The van der Waals surface area contributed by atoms with Crippen molar-refractivity contribution < 1.29 is 23.4 Å². The zero-order valence-electron chi connectivity index (χ0n) is 10.1. The van der Waals surface area contributed by atoms with E-state index in [-0.39, 0.29) is 11.6 Å². The van der Waals surface area contributed by atoms with Gasteiger partial charge in [-0.3, -0.25) is 0 Å². The summed E-state index contributed by atoms with van der Waals surface area (Å²) in [5.41, 5.74) is 0.375. The number of aliphatic carboxylic acids is 1. The summed E-state index contributed by atoms with van der Waals surface area (Å²) in [6.45, 7) is 0. The third-order valence-corrected chi connectivity index (χ3v) is 2.26. The molecule has 1 heterocycles. The van der Waals surface area contributed by atoms with Crippen LogP contribution < -0.4 is 4.74 Å². The maximum absolute atomic E-state index is 13.1. The number of aromatic nitrogens is 1. The van der Waals surface area contributed by atoms with Gasteiger partial charge < -0.3 is 9.84 Å². The highest BCUT2D eigenvalue weighted by atomic mass is 19.1. The molecule has 1 aromatic heterocycles. The van der Waals surface area contributed by atoms with Crippen LogP contribution in [0.25, 0.3) is 6.08 Å². The lowest BCUT2D eigenvalue weighted by Crippen LogP contribution is -1.93. The number of ether oxygens (including phenoxy) is 1. The normalized spacial score (nSPS) is 10.7. The highest BCUT2D eigenvalue weighted by molar-refractivity contribution is 5.85. The maximum atomic E-state index is 13.1. The Labute approximate surface area is 113 Å². The molecule has 1 aromatic carbocycles. The van der Waals surface area contributed by atoms with Gasteiger partial charge in [0, 0.05) is 36.0 Å². The minimum absolute atomic E-state index is 0.0509. The molecule has 2 rings (SSSR count). The molecule has 6 heteroatoms. The van der Waals surface area contributed by atoms with Crippen LogP contribution in [0.5, 0.6) is 11.6 Å². The fraction of sp³-hybridized carbons (Fsp3) is 0. The van der Waals surface area contributed by atoms with E-state index in [1.165, 1.54) is 12.3 Å². The first-order valence-corrected chi connectivity index (χ1v) is 5.54. The Balaban J connectivity index is 2.31. The summed E-state index contributed by atoms with van der Waals surface area (Å²) in [5, 5.41) is 8.58. The largest absolute Gasteiger partial charge is 0.478 e. The number of hydrogen-bond acceptors (Lipinski definition) is 3. The Hall–Kier alpha value is -2.76. The molecule has 2 aromatic rings. The lowest BCUT2D eigenvalue weighted by Gasteiger charge is -2.07. The van der Waals surface area contributed by atoms with Crippen molar-refractivity contribution in [3.8, 4) is 11.6 Å². The quantitative estimate of drug-likeness (QED) is 0.871. The Morgan fingerprint density at radius 1 is 1.25 bits per heavy atom. The maximum Gasteiger partial charge on any atom is 0.328 e. The number of carboxylic acids is 1. The van der Waals surface area contributed by atoms with Crippen molar-refractivity contribution in [1.29, 1.82) is 0 Å². The number of hydrogen-bond donors (Lipinski definition) is 1. The summed E-state index contributed by atoms with van der Waals surface area (Å²) in [5.74, 6) is -2.70. The molecule has 0 saturated heterocycles. The van der Waals surface area contributed by atoms with Crippen LogP contribution in [0.2, 0.25) is 0 Å². The van der Waals surface area contributed by atoms with Crippen molar-refractivity contribution in [1.82, 2.24) is 4.98 Å². The Kier molecular flexibility index (Phi) is 4.05. The second-order valence-corrected chi connectivity index (χ2v) is 3.78. The number of carbonyl (C=O) groups is 1. The van der Waals surface area contributed by atoms with Crippen molar-refractivity contribution in [3.63, 3.8) is 0 Å². The van der Waals surface area contributed by atoms with Gasteiger partial charge >= 0.3 is 5.97 Å². The second-order valence-electron chi connectivity index (χ2n) is 3.78. The van der Waals surface area contributed by atoms with E-state index < -0.39 is 17.6 Å².